The van der Waals surface area contributed by atoms with Crippen LogP contribution in [-0.4, -0.2) is 39.4 Å². The Balaban J connectivity index is 1.71. The monoisotopic (exact) mass is 494 g/mol. The van der Waals surface area contributed by atoms with Crippen molar-refractivity contribution in [3.63, 3.8) is 0 Å². The highest BCUT2D eigenvalue weighted by atomic mass is 32.1. The van der Waals surface area contributed by atoms with E-state index in [1.807, 2.05) is 20.8 Å². The Morgan fingerprint density at radius 2 is 1.97 bits per heavy atom. The Morgan fingerprint density at radius 1 is 1.20 bits per heavy atom. The van der Waals surface area contributed by atoms with Gasteiger partial charge in [-0.3, -0.25) is 0 Å². The lowest BCUT2D eigenvalue weighted by Crippen LogP contribution is -2.46. The summed E-state index contributed by atoms with van der Waals surface area (Å²) in [6.45, 7) is 9.54. The summed E-state index contributed by atoms with van der Waals surface area (Å²) in [6.07, 6.45) is 1.97. The van der Waals surface area contributed by atoms with Crippen molar-refractivity contribution < 1.29 is 13.7 Å². The number of hydrogen-bond acceptors (Lipinski definition) is 5. The summed E-state index contributed by atoms with van der Waals surface area (Å²) >= 11 is 5.76. The van der Waals surface area contributed by atoms with Gasteiger partial charge in [-0.1, -0.05) is 48.5 Å². The summed E-state index contributed by atoms with van der Waals surface area (Å²) in [5.74, 6) is 0.368. The molecule has 0 saturated carbocycles. The summed E-state index contributed by atoms with van der Waals surface area (Å²) in [5, 5.41) is 8.27. The van der Waals surface area contributed by atoms with Gasteiger partial charge < -0.3 is 19.5 Å². The molecule has 35 heavy (non-hydrogen) atoms. The second-order valence-electron chi connectivity index (χ2n) is 8.83. The van der Waals surface area contributed by atoms with E-state index in [1.165, 1.54) is 17.7 Å². The zero-order valence-corrected chi connectivity index (χ0v) is 21.4. The lowest BCUT2D eigenvalue weighted by atomic mass is 9.94. The van der Waals surface area contributed by atoms with E-state index in [1.54, 1.807) is 12.1 Å². The van der Waals surface area contributed by atoms with E-state index in [0.29, 0.717) is 35.5 Å². The van der Waals surface area contributed by atoms with E-state index in [-0.39, 0.29) is 18.0 Å². The molecule has 2 heterocycles. The molecule has 4 rings (SSSR count). The van der Waals surface area contributed by atoms with Crippen molar-refractivity contribution >= 4 is 22.9 Å². The van der Waals surface area contributed by atoms with Crippen LogP contribution in [0.1, 0.15) is 57.2 Å². The van der Waals surface area contributed by atoms with E-state index >= 15 is 0 Å². The summed E-state index contributed by atoms with van der Waals surface area (Å²) in [6, 6.07) is 14.4. The summed E-state index contributed by atoms with van der Waals surface area (Å²) in [7, 11) is 0. The van der Waals surface area contributed by atoms with Crippen LogP contribution < -0.4 is 5.32 Å². The third-order valence-electron chi connectivity index (χ3n) is 6.03. The Labute approximate surface area is 211 Å². The van der Waals surface area contributed by atoms with Crippen molar-refractivity contribution in [2.45, 2.75) is 52.7 Å². The second-order valence-corrected chi connectivity index (χ2v) is 9.22. The maximum Gasteiger partial charge on any atom is 0.258 e. The molecule has 0 amide bonds. The number of nitrogens with one attached hydrogen (secondary N) is 1. The molecule has 0 saturated heterocycles. The first-order valence-corrected chi connectivity index (χ1v) is 12.4. The van der Waals surface area contributed by atoms with Crippen molar-refractivity contribution in [3.05, 3.63) is 77.1 Å². The molecule has 0 fully saturated rings. The van der Waals surface area contributed by atoms with E-state index in [0.717, 1.165) is 29.7 Å². The standard InChI is InChI=1S/C27H31FN4O2S/c1-5-19-10-12-20(13-11-19)24-23(18(4)32(27(35)29-24)14-7-15-33-17(2)3)26-30-25(31-34-26)21-8-6-9-22(28)16-21/h6,8-13,16-17,24H,5,7,14-15H2,1-4H3,(H,29,35). The van der Waals surface area contributed by atoms with Crippen molar-refractivity contribution in [1.29, 1.82) is 0 Å². The molecule has 1 aromatic heterocycles. The predicted octanol–water partition coefficient (Wildman–Crippen LogP) is 5.92. The molecule has 0 radical (unpaired) electrons. The van der Waals surface area contributed by atoms with Gasteiger partial charge in [0.1, 0.15) is 5.82 Å². The summed E-state index contributed by atoms with van der Waals surface area (Å²) < 4.78 is 25.2. The van der Waals surface area contributed by atoms with Gasteiger partial charge in [-0.05, 0) is 69.1 Å². The van der Waals surface area contributed by atoms with Gasteiger partial charge in [0.05, 0.1) is 17.7 Å². The number of benzene rings is 2. The highest BCUT2D eigenvalue weighted by Crippen LogP contribution is 2.37. The maximum atomic E-state index is 13.8. The molecule has 184 valence electrons. The number of aromatic nitrogens is 2. The molecule has 3 aromatic rings. The van der Waals surface area contributed by atoms with Gasteiger partial charge in [-0.15, -0.1) is 0 Å². The van der Waals surface area contributed by atoms with Crippen molar-refractivity contribution in [3.8, 4) is 11.4 Å². The van der Waals surface area contributed by atoms with Gasteiger partial charge in [0, 0.05) is 24.4 Å². The van der Waals surface area contributed by atoms with Crippen molar-refractivity contribution in [2.75, 3.05) is 13.2 Å². The lowest BCUT2D eigenvalue weighted by molar-refractivity contribution is 0.0749. The third-order valence-corrected chi connectivity index (χ3v) is 6.37. The number of ether oxygens (including phenoxy) is 1. The van der Waals surface area contributed by atoms with Crippen LogP contribution in [0.15, 0.2) is 58.8 Å². The van der Waals surface area contributed by atoms with Crippen LogP contribution in [0.3, 0.4) is 0 Å². The van der Waals surface area contributed by atoms with Gasteiger partial charge in [-0.2, -0.15) is 4.98 Å². The average Bonchev–Trinajstić information content (AvgIpc) is 3.33. The lowest BCUT2D eigenvalue weighted by Gasteiger charge is -2.37. The topological polar surface area (TPSA) is 63.4 Å². The van der Waals surface area contributed by atoms with Crippen LogP contribution in [0.2, 0.25) is 0 Å². The van der Waals surface area contributed by atoms with Crippen LogP contribution in [0.4, 0.5) is 4.39 Å². The molecule has 2 aromatic carbocycles. The highest BCUT2D eigenvalue weighted by Gasteiger charge is 2.34. The Kier molecular flexibility index (Phi) is 7.93. The molecule has 6 nitrogen and oxygen atoms in total. The van der Waals surface area contributed by atoms with Gasteiger partial charge in [0.25, 0.3) is 5.89 Å². The minimum Gasteiger partial charge on any atom is -0.379 e. The average molecular weight is 495 g/mol. The molecule has 1 aliphatic rings. The SMILES string of the molecule is CCc1ccc(C2NC(=S)N(CCCOC(C)C)C(C)=C2c2nc(-c3cccc(F)c3)no2)cc1. The summed E-state index contributed by atoms with van der Waals surface area (Å²) in [5.41, 5.74) is 4.66. The molecule has 0 aliphatic carbocycles. The quantitative estimate of drug-likeness (QED) is 0.293. The maximum absolute atomic E-state index is 13.8. The molecule has 1 atom stereocenters. The molecule has 1 aliphatic heterocycles. The fraction of sp³-hybridized carbons (Fsp3) is 0.370. The molecule has 1 N–H and O–H groups in total. The first-order valence-electron chi connectivity index (χ1n) is 12.0. The second kappa shape index (κ2) is 11.1. The minimum atomic E-state index is -0.349. The first-order chi connectivity index (χ1) is 16.9. The molecule has 0 bridgehead atoms. The number of halogens is 1. The fourth-order valence-electron chi connectivity index (χ4n) is 4.14. The van der Waals surface area contributed by atoms with Crippen LogP contribution in [-0.2, 0) is 11.2 Å². The zero-order chi connectivity index (χ0) is 24.9. The van der Waals surface area contributed by atoms with Gasteiger partial charge in [-0.25, -0.2) is 4.39 Å². The van der Waals surface area contributed by atoms with E-state index < -0.39 is 0 Å². The van der Waals surface area contributed by atoms with Crippen LogP contribution in [0.5, 0.6) is 0 Å². The number of aryl methyl sites for hydroxylation is 1. The molecular formula is C27H31FN4O2S. The normalized spacial score (nSPS) is 16.2. The molecule has 8 heteroatoms. The number of allylic oxidation sites excluding steroid dienone is 1. The Morgan fingerprint density at radius 3 is 2.66 bits per heavy atom. The molecular weight excluding hydrogens is 463 g/mol. The Hall–Kier alpha value is -3.10. The molecule has 0 spiro atoms. The Bertz CT molecular complexity index is 1210. The fourth-order valence-corrected chi connectivity index (χ4v) is 4.49. The number of thiocarbonyl (C=S) groups is 1. The van der Waals surface area contributed by atoms with E-state index in [4.69, 9.17) is 21.5 Å². The largest absolute Gasteiger partial charge is 0.379 e. The highest BCUT2D eigenvalue weighted by molar-refractivity contribution is 7.80. The zero-order valence-electron chi connectivity index (χ0n) is 20.5. The van der Waals surface area contributed by atoms with Crippen LogP contribution in [0, 0.1) is 5.82 Å². The van der Waals surface area contributed by atoms with Gasteiger partial charge in [0.2, 0.25) is 5.82 Å². The first kappa shape index (κ1) is 25.0. The summed E-state index contributed by atoms with van der Waals surface area (Å²) in [4.78, 5) is 6.70. The van der Waals surface area contributed by atoms with E-state index in [2.05, 4.69) is 51.5 Å². The van der Waals surface area contributed by atoms with Crippen molar-refractivity contribution in [2.24, 2.45) is 0 Å². The predicted molar refractivity (Wildman–Crippen MR) is 139 cm³/mol. The number of rotatable bonds is 9. The van der Waals surface area contributed by atoms with Gasteiger partial charge >= 0.3 is 0 Å². The minimum absolute atomic E-state index is 0.184. The number of nitrogens with zero attached hydrogens (tertiary/aromatic N) is 3. The van der Waals surface area contributed by atoms with Crippen LogP contribution in [0.25, 0.3) is 17.0 Å². The van der Waals surface area contributed by atoms with Crippen molar-refractivity contribution in [1.82, 2.24) is 20.4 Å². The van der Waals surface area contributed by atoms with Crippen LogP contribution >= 0.6 is 12.2 Å². The third kappa shape index (κ3) is 5.77. The molecule has 1 unspecified atom stereocenters. The van der Waals surface area contributed by atoms with E-state index in [9.17, 15) is 4.39 Å². The van der Waals surface area contributed by atoms with Gasteiger partial charge in [0.15, 0.2) is 5.11 Å². The number of hydrogen-bond donors (Lipinski definition) is 1. The smallest absolute Gasteiger partial charge is 0.258 e.